The van der Waals surface area contributed by atoms with Gasteiger partial charge in [-0.1, -0.05) is 55.7 Å². The van der Waals surface area contributed by atoms with Gasteiger partial charge in [-0.2, -0.15) is 0 Å². The van der Waals surface area contributed by atoms with E-state index in [4.69, 9.17) is 10.5 Å². The van der Waals surface area contributed by atoms with E-state index in [1.165, 1.54) is 6.07 Å². The van der Waals surface area contributed by atoms with Crippen LogP contribution in [-0.2, 0) is 16.9 Å². The van der Waals surface area contributed by atoms with Crippen LogP contribution in [-0.4, -0.2) is 39.5 Å². The highest BCUT2D eigenvalue weighted by molar-refractivity contribution is 6.31. The summed E-state index contributed by atoms with van der Waals surface area (Å²) in [6.45, 7) is 4.00. The number of aliphatic hydroxyl groups excluding tert-OH is 1. The van der Waals surface area contributed by atoms with Gasteiger partial charge in [-0.3, -0.25) is 9.59 Å². The number of phenols is 1. The average Bonchev–Trinajstić information content (AvgIpc) is 3.57. The molecular weight excluding hydrogens is 444 g/mol. The van der Waals surface area contributed by atoms with Gasteiger partial charge in [0.25, 0.3) is 0 Å². The smallest absolute Gasteiger partial charge is 0.198 e. The van der Waals surface area contributed by atoms with Crippen molar-refractivity contribution in [1.29, 1.82) is 0 Å². The molecule has 0 radical (unpaired) electrons. The van der Waals surface area contributed by atoms with E-state index in [9.17, 15) is 19.8 Å². The van der Waals surface area contributed by atoms with Gasteiger partial charge in [-0.05, 0) is 29.7 Å². The second kappa shape index (κ2) is 7.07. The fourth-order valence-electron chi connectivity index (χ4n) is 5.97. The summed E-state index contributed by atoms with van der Waals surface area (Å²) in [6.07, 6.45) is 1.87. The lowest BCUT2D eigenvalue weighted by molar-refractivity contribution is 0.0974. The van der Waals surface area contributed by atoms with Crippen LogP contribution in [0.3, 0.4) is 0 Å². The molecule has 7 heteroatoms. The third-order valence-electron chi connectivity index (χ3n) is 7.53. The number of ketones is 2. The van der Waals surface area contributed by atoms with Gasteiger partial charge in [0.05, 0.1) is 16.8 Å². The van der Waals surface area contributed by atoms with E-state index in [2.05, 4.69) is 29.0 Å². The lowest BCUT2D eigenvalue weighted by atomic mass is 9.67. The van der Waals surface area contributed by atoms with Crippen LogP contribution in [0.5, 0.6) is 5.75 Å². The van der Waals surface area contributed by atoms with Gasteiger partial charge in [-0.15, -0.1) is 0 Å². The Balaban J connectivity index is 1.68. The highest BCUT2D eigenvalue weighted by atomic mass is 16.6. The number of epoxide rings is 1. The molecule has 0 amide bonds. The van der Waals surface area contributed by atoms with Crippen molar-refractivity contribution in [3.8, 4) is 29.4 Å². The Kier molecular flexibility index (Phi) is 4.37. The normalized spacial score (nSPS) is 29.7. The zero-order valence-electron chi connectivity index (χ0n) is 19.1. The maximum atomic E-state index is 13.8. The summed E-state index contributed by atoms with van der Waals surface area (Å²) < 4.78 is 6.39. The number of nitrogens with two attached hydrogens (primary N) is 1. The molecule has 1 saturated heterocycles. The average molecular weight is 466 g/mol. The molecule has 2 aromatic carbocycles. The molecule has 2 aliphatic heterocycles. The minimum atomic E-state index is -1.34. The molecular formula is C28H22N2O5. The van der Waals surface area contributed by atoms with Gasteiger partial charge in [0.1, 0.15) is 17.4 Å². The number of fused-ring (bicyclic) bond motifs is 4. The topological polar surface area (TPSA) is 125 Å². The lowest BCUT2D eigenvalue weighted by Crippen LogP contribution is -2.52. The second-order valence-electron chi connectivity index (χ2n) is 9.45. The van der Waals surface area contributed by atoms with Crippen LogP contribution in [0.15, 0.2) is 36.4 Å². The van der Waals surface area contributed by atoms with Crippen LogP contribution in [0.25, 0.3) is 0 Å². The quantitative estimate of drug-likeness (QED) is 0.259. The van der Waals surface area contributed by atoms with Crippen LogP contribution in [0.4, 0.5) is 5.69 Å². The van der Waals surface area contributed by atoms with Crippen LogP contribution < -0.4 is 11.1 Å². The van der Waals surface area contributed by atoms with E-state index in [1.807, 2.05) is 13.8 Å². The zero-order chi connectivity index (χ0) is 24.7. The van der Waals surface area contributed by atoms with Gasteiger partial charge < -0.3 is 26.0 Å². The Morgan fingerprint density at radius 3 is 2.57 bits per heavy atom. The molecule has 7 nitrogen and oxygen atoms in total. The molecule has 2 heterocycles. The fourth-order valence-corrected chi connectivity index (χ4v) is 5.97. The number of carbonyl (C=O) groups excluding carboxylic acids is 2. The number of allylic oxidation sites excluding steroid dienone is 2. The number of benzene rings is 2. The molecule has 174 valence electrons. The highest BCUT2D eigenvalue weighted by Crippen LogP contribution is 2.68. The zero-order valence-corrected chi connectivity index (χ0v) is 19.1. The minimum absolute atomic E-state index is 0.0402. The number of hydrogen-bond acceptors (Lipinski definition) is 7. The van der Waals surface area contributed by atoms with Crippen molar-refractivity contribution in [2.24, 2.45) is 11.7 Å². The number of hydrogen-bond donors (Lipinski definition) is 4. The number of aliphatic hydroxyl groups is 1. The molecule has 5 N–H and O–H groups in total. The summed E-state index contributed by atoms with van der Waals surface area (Å²) in [5, 5.41) is 25.7. The van der Waals surface area contributed by atoms with E-state index >= 15 is 0 Å². The Labute approximate surface area is 202 Å². The van der Waals surface area contributed by atoms with Gasteiger partial charge >= 0.3 is 0 Å². The van der Waals surface area contributed by atoms with Crippen molar-refractivity contribution < 1.29 is 24.5 Å². The first-order valence-corrected chi connectivity index (χ1v) is 11.4. The first-order valence-electron chi connectivity index (χ1n) is 11.4. The molecule has 0 spiro atoms. The monoisotopic (exact) mass is 466 g/mol. The van der Waals surface area contributed by atoms with Gasteiger partial charge in [0.2, 0.25) is 0 Å². The third kappa shape index (κ3) is 2.47. The Hall–Kier alpha value is -3.88. The number of ether oxygens (including phenoxy) is 1. The first-order chi connectivity index (χ1) is 16.8. The molecule has 2 aromatic rings. The first kappa shape index (κ1) is 21.6. The predicted molar refractivity (Wildman–Crippen MR) is 128 cm³/mol. The summed E-state index contributed by atoms with van der Waals surface area (Å²) in [7, 11) is 0. The molecule has 0 saturated carbocycles. The highest BCUT2D eigenvalue weighted by Gasteiger charge is 2.81. The largest absolute Gasteiger partial charge is 0.507 e. The Bertz CT molecular complexity index is 1520. The van der Waals surface area contributed by atoms with Crippen molar-refractivity contribution in [3.05, 3.63) is 69.8 Å². The van der Waals surface area contributed by atoms with Crippen LogP contribution in [0.2, 0.25) is 0 Å². The maximum absolute atomic E-state index is 13.8. The van der Waals surface area contributed by atoms with Crippen molar-refractivity contribution in [3.63, 3.8) is 0 Å². The van der Waals surface area contributed by atoms with Crippen LogP contribution in [0.1, 0.15) is 56.8 Å². The van der Waals surface area contributed by atoms with Crippen LogP contribution in [0, 0.1) is 29.6 Å². The van der Waals surface area contributed by atoms with E-state index in [0.29, 0.717) is 16.8 Å². The van der Waals surface area contributed by atoms with Crippen molar-refractivity contribution in [2.75, 3.05) is 5.32 Å². The molecule has 0 aromatic heterocycles. The maximum Gasteiger partial charge on any atom is 0.198 e. The number of aromatic hydroxyl groups is 1. The summed E-state index contributed by atoms with van der Waals surface area (Å²) in [5.41, 5.74) is 5.14. The summed E-state index contributed by atoms with van der Waals surface area (Å²) >= 11 is 0. The molecule has 2 aliphatic carbocycles. The molecule has 4 atom stereocenters. The molecule has 2 bridgehead atoms. The van der Waals surface area contributed by atoms with Gasteiger partial charge in [0.15, 0.2) is 23.3 Å². The Morgan fingerprint density at radius 1 is 1.11 bits per heavy atom. The Morgan fingerprint density at radius 2 is 1.86 bits per heavy atom. The number of carbonyl (C=O) groups is 2. The molecule has 35 heavy (non-hydrogen) atoms. The lowest BCUT2D eigenvalue weighted by Gasteiger charge is -2.38. The van der Waals surface area contributed by atoms with Gasteiger partial charge in [0, 0.05) is 23.2 Å². The van der Waals surface area contributed by atoms with E-state index in [-0.39, 0.29) is 40.5 Å². The molecule has 6 rings (SSSR count). The van der Waals surface area contributed by atoms with Crippen LogP contribution >= 0.6 is 0 Å². The van der Waals surface area contributed by atoms with E-state index in [1.54, 1.807) is 30.4 Å². The van der Waals surface area contributed by atoms with Gasteiger partial charge in [-0.25, -0.2) is 0 Å². The number of rotatable bonds is 2. The van der Waals surface area contributed by atoms with Crippen molar-refractivity contribution >= 4 is 17.3 Å². The minimum Gasteiger partial charge on any atom is -0.507 e. The van der Waals surface area contributed by atoms with E-state index < -0.39 is 34.9 Å². The number of phenolic OH excluding ortho intramolecular Hbond substituents is 1. The standard InChI is InChI=1S/C28H22N2O5/c1-14(2)27-19-10-5-3-4-6-11-20(32)28(27,35-27)17-12-18(31)22-23(24(17)30-19)25(33)16-9-7-8-15(13-29)21(16)26(22)34/h3-4,7-9,12,14,19-20,30-32H,13,29H2,1-2H3/b4-3-/t19-,20+,27-,28-/m0/s1. The van der Waals surface area contributed by atoms with E-state index in [0.717, 1.165) is 0 Å². The fraction of sp³-hybridized carbons (Fsp3) is 0.286. The third-order valence-corrected chi connectivity index (χ3v) is 7.53. The number of nitrogens with one attached hydrogen (secondary N) is 1. The predicted octanol–water partition coefficient (Wildman–Crippen LogP) is 1.98. The van der Waals surface area contributed by atoms with Crippen molar-refractivity contribution in [1.82, 2.24) is 0 Å². The van der Waals surface area contributed by atoms with Crippen molar-refractivity contribution in [2.45, 2.75) is 43.7 Å². The molecule has 4 aliphatic rings. The summed E-state index contributed by atoms with van der Waals surface area (Å²) in [6, 6.07) is 5.75. The SMILES string of the molecule is CC(C)[C@@]12O[C@]13c1cc(O)c4c(c1N[C@H]2C#C/C=C\C#C[C@H]3O)C(=O)c1cccc(CN)c1C4=O. The summed E-state index contributed by atoms with van der Waals surface area (Å²) in [4.78, 5) is 27.4. The molecule has 1 fully saturated rings. The summed E-state index contributed by atoms with van der Waals surface area (Å²) in [5.74, 6) is 10.3. The molecule has 0 unspecified atom stereocenters. The second-order valence-corrected chi connectivity index (χ2v) is 9.45. The number of anilines is 1.